The highest BCUT2D eigenvalue weighted by Crippen LogP contribution is 2.06. The highest BCUT2D eigenvalue weighted by Gasteiger charge is 2.08. The summed E-state index contributed by atoms with van der Waals surface area (Å²) in [6.07, 6.45) is 4.76. The third-order valence-corrected chi connectivity index (χ3v) is 2.12. The Morgan fingerprint density at radius 2 is 2.00 bits per heavy atom. The summed E-state index contributed by atoms with van der Waals surface area (Å²) < 4.78 is 0. The van der Waals surface area contributed by atoms with Gasteiger partial charge in [-0.1, -0.05) is 17.7 Å². The first kappa shape index (κ1) is 12.9. The van der Waals surface area contributed by atoms with E-state index < -0.39 is 0 Å². The molecule has 80 valence electrons. The molecule has 0 saturated carbocycles. The zero-order valence-corrected chi connectivity index (χ0v) is 9.63. The summed E-state index contributed by atoms with van der Waals surface area (Å²) >= 11 is 0. The van der Waals surface area contributed by atoms with E-state index >= 15 is 0 Å². The van der Waals surface area contributed by atoms with Crippen molar-refractivity contribution in [3.8, 4) is 0 Å². The molecule has 3 nitrogen and oxygen atoms in total. The normalized spacial score (nSPS) is 12.9. The molecule has 0 spiro atoms. The van der Waals surface area contributed by atoms with E-state index in [1.165, 1.54) is 17.7 Å². The first-order chi connectivity index (χ1) is 6.52. The molecule has 0 atom stereocenters. The van der Waals surface area contributed by atoms with Crippen LogP contribution in [0.15, 0.2) is 23.3 Å². The number of rotatable bonds is 4. The fraction of sp³-hybridized carbons (Fsp3) is 0.545. The maximum atomic E-state index is 11.5. The fourth-order valence-electron chi connectivity index (χ4n) is 0.851. The van der Waals surface area contributed by atoms with Crippen LogP contribution in [0, 0.1) is 0 Å². The van der Waals surface area contributed by atoms with E-state index in [0.717, 1.165) is 6.42 Å². The van der Waals surface area contributed by atoms with Crippen LogP contribution in [-0.2, 0) is 9.63 Å². The second kappa shape index (κ2) is 6.38. The Morgan fingerprint density at radius 1 is 1.43 bits per heavy atom. The molecule has 1 amide bonds. The maximum absolute atomic E-state index is 11.5. The Morgan fingerprint density at radius 3 is 2.43 bits per heavy atom. The van der Waals surface area contributed by atoms with Crippen molar-refractivity contribution in [2.75, 3.05) is 14.2 Å². The van der Waals surface area contributed by atoms with Crippen LogP contribution in [0.3, 0.4) is 0 Å². The van der Waals surface area contributed by atoms with Gasteiger partial charge in [0.25, 0.3) is 5.91 Å². The molecule has 0 fully saturated rings. The van der Waals surface area contributed by atoms with Gasteiger partial charge in [-0.05, 0) is 27.2 Å². The molecule has 0 aromatic heterocycles. The van der Waals surface area contributed by atoms with Gasteiger partial charge < -0.3 is 0 Å². The molecule has 0 N–H and O–H groups in total. The van der Waals surface area contributed by atoms with Crippen LogP contribution >= 0.6 is 0 Å². The standard InChI is InChI=1S/C11H19NO2/c1-6-9(2)7-8-10(3)11(13)12(4)14-5/h6,8H,7H2,1-5H3/b9-6?,10-8+. The van der Waals surface area contributed by atoms with E-state index in [9.17, 15) is 4.79 Å². The van der Waals surface area contributed by atoms with E-state index in [2.05, 4.69) is 0 Å². The molecule has 0 aliphatic heterocycles. The van der Waals surface area contributed by atoms with Crippen LogP contribution in [0.2, 0.25) is 0 Å². The Bertz CT molecular complexity index is 254. The van der Waals surface area contributed by atoms with E-state index in [1.54, 1.807) is 14.0 Å². The molecule has 0 unspecified atom stereocenters. The zero-order valence-electron chi connectivity index (χ0n) is 9.63. The largest absolute Gasteiger partial charge is 0.274 e. The molecule has 14 heavy (non-hydrogen) atoms. The molecule has 0 bridgehead atoms. The van der Waals surface area contributed by atoms with Gasteiger partial charge in [-0.3, -0.25) is 9.63 Å². The van der Waals surface area contributed by atoms with Crippen molar-refractivity contribution in [3.05, 3.63) is 23.3 Å². The number of likely N-dealkylation sites (N-methyl/N-ethyl adjacent to an activating group) is 1. The van der Waals surface area contributed by atoms with Gasteiger partial charge in [0.1, 0.15) is 0 Å². The van der Waals surface area contributed by atoms with Gasteiger partial charge in [-0.25, -0.2) is 5.06 Å². The van der Waals surface area contributed by atoms with Crippen molar-refractivity contribution >= 4 is 5.91 Å². The molecular weight excluding hydrogens is 178 g/mol. The summed E-state index contributed by atoms with van der Waals surface area (Å²) in [5.74, 6) is -0.101. The third-order valence-electron chi connectivity index (χ3n) is 2.12. The molecule has 0 aromatic rings. The van der Waals surface area contributed by atoms with E-state index in [0.29, 0.717) is 5.57 Å². The second-order valence-corrected chi connectivity index (χ2v) is 3.21. The second-order valence-electron chi connectivity index (χ2n) is 3.21. The van der Waals surface area contributed by atoms with Gasteiger partial charge in [0.05, 0.1) is 7.11 Å². The maximum Gasteiger partial charge on any atom is 0.272 e. The molecule has 0 rings (SSSR count). The Labute approximate surface area is 86.0 Å². The lowest BCUT2D eigenvalue weighted by Gasteiger charge is -2.13. The molecule has 0 aliphatic rings. The van der Waals surface area contributed by atoms with Crippen molar-refractivity contribution < 1.29 is 9.63 Å². The number of carbonyl (C=O) groups excluding carboxylic acids is 1. The Balaban J connectivity index is 4.31. The lowest BCUT2D eigenvalue weighted by Crippen LogP contribution is -2.25. The molecule has 0 heterocycles. The predicted molar refractivity (Wildman–Crippen MR) is 57.6 cm³/mol. The molecule has 0 saturated heterocycles. The Kier molecular flexibility index (Phi) is 5.88. The van der Waals surface area contributed by atoms with Crippen LogP contribution in [0.1, 0.15) is 27.2 Å². The van der Waals surface area contributed by atoms with E-state index in [4.69, 9.17) is 4.84 Å². The lowest BCUT2D eigenvalue weighted by molar-refractivity contribution is -0.163. The minimum Gasteiger partial charge on any atom is -0.274 e. The fourth-order valence-corrected chi connectivity index (χ4v) is 0.851. The topological polar surface area (TPSA) is 29.5 Å². The zero-order chi connectivity index (χ0) is 11.1. The monoisotopic (exact) mass is 197 g/mol. The number of carbonyl (C=O) groups is 1. The summed E-state index contributed by atoms with van der Waals surface area (Å²) in [6.45, 7) is 5.82. The smallest absolute Gasteiger partial charge is 0.272 e. The number of allylic oxidation sites excluding steroid dienone is 3. The van der Waals surface area contributed by atoms with Gasteiger partial charge in [0, 0.05) is 12.6 Å². The number of hydrogen-bond acceptors (Lipinski definition) is 2. The highest BCUT2D eigenvalue weighted by atomic mass is 16.7. The van der Waals surface area contributed by atoms with Crippen molar-refractivity contribution in [2.24, 2.45) is 0 Å². The molecule has 0 radical (unpaired) electrons. The van der Waals surface area contributed by atoms with Crippen LogP contribution in [0.5, 0.6) is 0 Å². The third kappa shape index (κ3) is 4.23. The van der Waals surface area contributed by atoms with Gasteiger partial charge in [0.2, 0.25) is 0 Å². The lowest BCUT2D eigenvalue weighted by atomic mass is 10.1. The van der Waals surface area contributed by atoms with Crippen molar-refractivity contribution in [1.29, 1.82) is 0 Å². The summed E-state index contributed by atoms with van der Waals surface area (Å²) in [7, 11) is 3.07. The van der Waals surface area contributed by atoms with Gasteiger partial charge in [0.15, 0.2) is 0 Å². The average Bonchev–Trinajstić information content (AvgIpc) is 2.22. The first-order valence-corrected chi connectivity index (χ1v) is 4.63. The minimum atomic E-state index is -0.101. The summed E-state index contributed by atoms with van der Waals surface area (Å²) in [6, 6.07) is 0. The van der Waals surface area contributed by atoms with Gasteiger partial charge in [-0.2, -0.15) is 0 Å². The Hall–Kier alpha value is -1.09. The quantitative estimate of drug-likeness (QED) is 0.393. The van der Waals surface area contributed by atoms with Crippen LogP contribution in [-0.4, -0.2) is 25.1 Å². The van der Waals surface area contributed by atoms with Crippen molar-refractivity contribution in [2.45, 2.75) is 27.2 Å². The van der Waals surface area contributed by atoms with Crippen LogP contribution in [0.25, 0.3) is 0 Å². The van der Waals surface area contributed by atoms with Crippen LogP contribution in [0.4, 0.5) is 0 Å². The average molecular weight is 197 g/mol. The number of hydrogen-bond donors (Lipinski definition) is 0. The van der Waals surface area contributed by atoms with E-state index in [1.807, 2.05) is 26.0 Å². The highest BCUT2D eigenvalue weighted by molar-refractivity contribution is 5.91. The first-order valence-electron chi connectivity index (χ1n) is 4.63. The molecule has 0 aromatic carbocycles. The van der Waals surface area contributed by atoms with E-state index in [-0.39, 0.29) is 5.91 Å². The molecular formula is C11H19NO2. The van der Waals surface area contributed by atoms with Gasteiger partial charge in [-0.15, -0.1) is 0 Å². The predicted octanol–water partition coefficient (Wildman–Crippen LogP) is 2.31. The molecule has 3 heteroatoms. The van der Waals surface area contributed by atoms with Crippen LogP contribution < -0.4 is 0 Å². The number of nitrogens with zero attached hydrogens (tertiary/aromatic N) is 1. The SMILES string of the molecule is CC=C(C)C/C=C(\C)C(=O)N(C)OC. The summed E-state index contributed by atoms with van der Waals surface area (Å²) in [5, 5.41) is 1.22. The summed E-state index contributed by atoms with van der Waals surface area (Å²) in [5.41, 5.74) is 1.95. The number of hydroxylamine groups is 2. The van der Waals surface area contributed by atoms with Crippen molar-refractivity contribution in [3.63, 3.8) is 0 Å². The summed E-state index contributed by atoms with van der Waals surface area (Å²) in [4.78, 5) is 16.3. The minimum absolute atomic E-state index is 0.101. The molecule has 0 aliphatic carbocycles. The van der Waals surface area contributed by atoms with Gasteiger partial charge >= 0.3 is 0 Å². The van der Waals surface area contributed by atoms with Crippen molar-refractivity contribution in [1.82, 2.24) is 5.06 Å². The number of amides is 1.